The molecule has 0 radical (unpaired) electrons. The van der Waals surface area contributed by atoms with Crippen molar-refractivity contribution in [2.75, 3.05) is 0 Å². The van der Waals surface area contributed by atoms with Crippen molar-refractivity contribution in [1.82, 2.24) is 14.8 Å². The van der Waals surface area contributed by atoms with Crippen molar-refractivity contribution in [3.63, 3.8) is 0 Å². The number of carbonyl (C=O) groups is 1. The topological polar surface area (TPSA) is 47.8 Å². The van der Waals surface area contributed by atoms with Crippen LogP contribution in [0.15, 0.2) is 30.7 Å². The third-order valence-corrected chi connectivity index (χ3v) is 2.65. The molecule has 0 saturated carbocycles. The van der Waals surface area contributed by atoms with E-state index in [0.29, 0.717) is 12.0 Å². The minimum absolute atomic E-state index is 0.0943. The van der Waals surface area contributed by atoms with Crippen molar-refractivity contribution < 1.29 is 4.79 Å². The van der Waals surface area contributed by atoms with Crippen LogP contribution in [0.25, 0.3) is 0 Å². The second-order valence-electron chi connectivity index (χ2n) is 3.72. The molecule has 0 amide bonds. The molecular weight excluding hydrogens is 202 g/mol. The lowest BCUT2D eigenvalue weighted by molar-refractivity contribution is 0.0992. The van der Waals surface area contributed by atoms with Crippen LogP contribution in [0.1, 0.15) is 21.6 Å². The van der Waals surface area contributed by atoms with Gasteiger partial charge in [0.25, 0.3) is 0 Å². The average molecular weight is 215 g/mol. The van der Waals surface area contributed by atoms with E-state index in [9.17, 15) is 4.79 Å². The predicted octanol–water partition coefficient (Wildman–Crippen LogP) is 1.55. The predicted molar refractivity (Wildman–Crippen MR) is 60.2 cm³/mol. The van der Waals surface area contributed by atoms with Gasteiger partial charge in [0.05, 0.1) is 11.8 Å². The first-order valence-corrected chi connectivity index (χ1v) is 5.09. The van der Waals surface area contributed by atoms with Gasteiger partial charge in [0, 0.05) is 31.6 Å². The summed E-state index contributed by atoms with van der Waals surface area (Å²) in [4.78, 5) is 15.9. The molecule has 0 N–H and O–H groups in total. The standard InChI is InChI=1S/C12H13N3O/c1-9-11(8-14-15(9)2)12(16)7-10-3-5-13-6-4-10/h3-6,8H,7H2,1-2H3. The maximum atomic E-state index is 12.0. The highest BCUT2D eigenvalue weighted by molar-refractivity contribution is 5.98. The number of rotatable bonds is 3. The normalized spacial score (nSPS) is 10.4. The number of pyridine rings is 1. The maximum Gasteiger partial charge on any atom is 0.170 e. The second kappa shape index (κ2) is 4.26. The zero-order valence-corrected chi connectivity index (χ0v) is 9.34. The first-order chi connectivity index (χ1) is 7.68. The molecule has 82 valence electrons. The fourth-order valence-electron chi connectivity index (χ4n) is 1.55. The van der Waals surface area contributed by atoms with E-state index in [1.165, 1.54) is 0 Å². The van der Waals surface area contributed by atoms with Gasteiger partial charge in [-0.1, -0.05) is 0 Å². The summed E-state index contributed by atoms with van der Waals surface area (Å²) < 4.78 is 1.71. The number of carbonyl (C=O) groups excluding carboxylic acids is 1. The zero-order valence-electron chi connectivity index (χ0n) is 9.34. The zero-order chi connectivity index (χ0) is 11.5. The molecule has 0 aromatic carbocycles. The summed E-state index contributed by atoms with van der Waals surface area (Å²) in [6.45, 7) is 1.90. The molecule has 4 nitrogen and oxygen atoms in total. The summed E-state index contributed by atoms with van der Waals surface area (Å²) in [6.07, 6.45) is 5.41. The van der Waals surface area contributed by atoms with Crippen LogP contribution in [0.5, 0.6) is 0 Å². The Morgan fingerprint density at radius 1 is 1.38 bits per heavy atom. The Morgan fingerprint density at radius 2 is 2.06 bits per heavy atom. The van der Waals surface area contributed by atoms with Crippen molar-refractivity contribution in [2.24, 2.45) is 7.05 Å². The monoisotopic (exact) mass is 215 g/mol. The highest BCUT2D eigenvalue weighted by atomic mass is 16.1. The van der Waals surface area contributed by atoms with Gasteiger partial charge < -0.3 is 0 Å². The molecule has 0 aliphatic heterocycles. The lowest BCUT2D eigenvalue weighted by atomic mass is 10.1. The van der Waals surface area contributed by atoms with Crippen LogP contribution in [-0.2, 0) is 13.5 Å². The molecule has 16 heavy (non-hydrogen) atoms. The molecule has 2 rings (SSSR count). The summed E-state index contributed by atoms with van der Waals surface area (Å²) in [7, 11) is 1.83. The van der Waals surface area contributed by atoms with E-state index in [2.05, 4.69) is 10.1 Å². The van der Waals surface area contributed by atoms with Gasteiger partial charge >= 0.3 is 0 Å². The van der Waals surface area contributed by atoms with Gasteiger partial charge in [-0.3, -0.25) is 14.5 Å². The van der Waals surface area contributed by atoms with Crippen LogP contribution < -0.4 is 0 Å². The Hall–Kier alpha value is -1.97. The fourth-order valence-corrected chi connectivity index (χ4v) is 1.55. The van der Waals surface area contributed by atoms with Crippen LogP contribution in [0.3, 0.4) is 0 Å². The minimum Gasteiger partial charge on any atom is -0.294 e. The molecule has 0 spiro atoms. The van der Waals surface area contributed by atoms with Crippen LogP contribution in [-0.4, -0.2) is 20.5 Å². The van der Waals surface area contributed by atoms with E-state index < -0.39 is 0 Å². The van der Waals surface area contributed by atoms with Gasteiger partial charge in [-0.25, -0.2) is 0 Å². The van der Waals surface area contributed by atoms with Crippen molar-refractivity contribution in [2.45, 2.75) is 13.3 Å². The number of aryl methyl sites for hydroxylation is 1. The summed E-state index contributed by atoms with van der Waals surface area (Å²) >= 11 is 0. The van der Waals surface area contributed by atoms with Gasteiger partial charge in [0.1, 0.15) is 0 Å². The molecule has 0 aliphatic rings. The third kappa shape index (κ3) is 2.00. The molecule has 4 heteroatoms. The fraction of sp³-hybridized carbons (Fsp3) is 0.250. The molecule has 0 atom stereocenters. The van der Waals surface area contributed by atoms with Gasteiger partial charge in [-0.05, 0) is 24.6 Å². The van der Waals surface area contributed by atoms with Gasteiger partial charge in [-0.2, -0.15) is 5.10 Å². The first-order valence-electron chi connectivity index (χ1n) is 5.09. The summed E-state index contributed by atoms with van der Waals surface area (Å²) in [5, 5.41) is 4.06. The molecule has 2 heterocycles. The number of hydrogen-bond donors (Lipinski definition) is 0. The second-order valence-corrected chi connectivity index (χ2v) is 3.72. The SMILES string of the molecule is Cc1c(C(=O)Cc2ccncc2)cnn1C. The van der Waals surface area contributed by atoms with E-state index in [4.69, 9.17) is 0 Å². The Labute approximate surface area is 93.9 Å². The Bertz CT molecular complexity index is 502. The summed E-state index contributed by atoms with van der Waals surface area (Å²) in [5.74, 6) is 0.0943. The maximum absolute atomic E-state index is 12.0. The number of hydrogen-bond acceptors (Lipinski definition) is 3. The van der Waals surface area contributed by atoms with E-state index in [1.54, 1.807) is 23.3 Å². The molecular formula is C12H13N3O. The smallest absolute Gasteiger partial charge is 0.170 e. The molecule has 0 saturated heterocycles. The molecule has 0 aliphatic carbocycles. The van der Waals surface area contributed by atoms with Crippen LogP contribution in [0.2, 0.25) is 0 Å². The van der Waals surface area contributed by atoms with Crippen LogP contribution in [0.4, 0.5) is 0 Å². The first kappa shape index (κ1) is 10.5. The molecule has 0 bridgehead atoms. The van der Waals surface area contributed by atoms with E-state index >= 15 is 0 Å². The van der Waals surface area contributed by atoms with E-state index in [-0.39, 0.29) is 5.78 Å². The highest BCUT2D eigenvalue weighted by Crippen LogP contribution is 2.10. The molecule has 2 aromatic heterocycles. The lowest BCUT2D eigenvalue weighted by Gasteiger charge is -2.00. The Balaban J connectivity index is 2.18. The van der Waals surface area contributed by atoms with Crippen molar-refractivity contribution in [1.29, 1.82) is 0 Å². The number of aromatic nitrogens is 3. The van der Waals surface area contributed by atoms with E-state index in [1.807, 2.05) is 26.1 Å². The number of nitrogens with zero attached hydrogens (tertiary/aromatic N) is 3. The number of ketones is 1. The van der Waals surface area contributed by atoms with Crippen molar-refractivity contribution in [3.05, 3.63) is 47.5 Å². The third-order valence-electron chi connectivity index (χ3n) is 2.65. The molecule has 0 fully saturated rings. The van der Waals surface area contributed by atoms with E-state index in [0.717, 1.165) is 11.3 Å². The van der Waals surface area contributed by atoms with Gasteiger partial charge in [-0.15, -0.1) is 0 Å². The van der Waals surface area contributed by atoms with Gasteiger partial charge in [0.2, 0.25) is 0 Å². The average Bonchev–Trinajstić information content (AvgIpc) is 2.61. The number of Topliss-reactive ketones (excluding diaryl/α,β-unsaturated/α-hetero) is 1. The Morgan fingerprint density at radius 3 is 2.62 bits per heavy atom. The van der Waals surface area contributed by atoms with Crippen LogP contribution >= 0.6 is 0 Å². The summed E-state index contributed by atoms with van der Waals surface area (Å²) in [6, 6.07) is 3.70. The molecule has 0 unspecified atom stereocenters. The quantitative estimate of drug-likeness (QED) is 0.730. The minimum atomic E-state index is 0.0943. The van der Waals surface area contributed by atoms with Crippen LogP contribution in [0, 0.1) is 6.92 Å². The van der Waals surface area contributed by atoms with Crippen molar-refractivity contribution in [3.8, 4) is 0 Å². The largest absolute Gasteiger partial charge is 0.294 e. The lowest BCUT2D eigenvalue weighted by Crippen LogP contribution is -2.05. The Kier molecular flexibility index (Phi) is 2.81. The summed E-state index contributed by atoms with van der Waals surface area (Å²) in [5.41, 5.74) is 2.57. The highest BCUT2D eigenvalue weighted by Gasteiger charge is 2.12. The van der Waals surface area contributed by atoms with Crippen molar-refractivity contribution >= 4 is 5.78 Å². The van der Waals surface area contributed by atoms with Gasteiger partial charge in [0.15, 0.2) is 5.78 Å². The molecule has 2 aromatic rings.